The third-order valence-corrected chi connectivity index (χ3v) is 1.47. The van der Waals surface area contributed by atoms with Crippen molar-refractivity contribution in [1.29, 1.82) is 0 Å². The van der Waals surface area contributed by atoms with Crippen molar-refractivity contribution in [2.24, 2.45) is 0 Å². The molecule has 0 saturated heterocycles. The lowest BCUT2D eigenvalue weighted by atomic mass is 10.4. The molecule has 5 nitrogen and oxygen atoms in total. The third kappa shape index (κ3) is 9.88. The summed E-state index contributed by atoms with van der Waals surface area (Å²) in [4.78, 5) is 0. The van der Waals surface area contributed by atoms with E-state index in [9.17, 15) is 5.11 Å². The van der Waals surface area contributed by atoms with Crippen LogP contribution in [0.1, 0.15) is 0 Å². The van der Waals surface area contributed by atoms with E-state index in [1.165, 1.54) is 7.11 Å². The lowest BCUT2D eigenvalue weighted by Gasteiger charge is -2.10. The lowest BCUT2D eigenvalue weighted by Crippen LogP contribution is -2.22. The highest BCUT2D eigenvalue weighted by atomic mass is 16.5. The summed E-state index contributed by atoms with van der Waals surface area (Å²) in [5.74, 6) is 0. The summed E-state index contributed by atoms with van der Waals surface area (Å²) in [5.41, 5.74) is 0. The van der Waals surface area contributed by atoms with Gasteiger partial charge in [0.2, 0.25) is 0 Å². The minimum atomic E-state index is -0.557. The average Bonchev–Trinajstić information content (AvgIpc) is 2.17. The Morgan fingerprint density at radius 2 is 1.50 bits per heavy atom. The van der Waals surface area contributed by atoms with Crippen LogP contribution in [0.4, 0.5) is 0 Å². The highest BCUT2D eigenvalue weighted by Crippen LogP contribution is 1.86. The molecule has 0 spiro atoms. The van der Waals surface area contributed by atoms with Crippen LogP contribution in [0.15, 0.2) is 0 Å². The summed E-state index contributed by atoms with van der Waals surface area (Å²) in [5, 5.41) is 9.18. The van der Waals surface area contributed by atoms with E-state index in [4.69, 9.17) is 18.9 Å². The zero-order valence-corrected chi connectivity index (χ0v) is 8.90. The fourth-order valence-corrected chi connectivity index (χ4v) is 0.822. The van der Waals surface area contributed by atoms with E-state index in [1.54, 1.807) is 7.11 Å². The molecule has 0 amide bonds. The molecule has 14 heavy (non-hydrogen) atoms. The largest absolute Gasteiger partial charge is 0.388 e. The smallest absolute Gasteiger partial charge is 0.101 e. The molecule has 0 fully saturated rings. The number of hydrogen-bond donors (Lipinski definition) is 1. The van der Waals surface area contributed by atoms with E-state index in [-0.39, 0.29) is 6.61 Å². The quantitative estimate of drug-likeness (QED) is 0.498. The molecule has 0 aromatic rings. The Morgan fingerprint density at radius 1 is 0.857 bits per heavy atom. The second-order valence-electron chi connectivity index (χ2n) is 2.79. The Bertz CT molecular complexity index is 109. The molecule has 0 aliphatic carbocycles. The fraction of sp³-hybridized carbons (Fsp3) is 1.00. The average molecular weight is 208 g/mol. The summed E-state index contributed by atoms with van der Waals surface area (Å²) in [7, 11) is 3.16. The Labute approximate surface area is 84.9 Å². The molecule has 0 radical (unpaired) electrons. The standard InChI is InChI=1S/C9H20O5/c1-11-3-4-13-5-6-14-8-9(10)7-12-2/h9-10H,3-8H2,1-2H3. The maximum absolute atomic E-state index is 9.18. The molecule has 0 rings (SSSR count). The van der Waals surface area contributed by atoms with E-state index < -0.39 is 6.10 Å². The highest BCUT2D eigenvalue weighted by Gasteiger charge is 2.02. The van der Waals surface area contributed by atoms with Crippen LogP contribution in [0.25, 0.3) is 0 Å². The van der Waals surface area contributed by atoms with Gasteiger partial charge in [0.05, 0.1) is 39.6 Å². The predicted molar refractivity (Wildman–Crippen MR) is 51.4 cm³/mol. The van der Waals surface area contributed by atoms with Gasteiger partial charge in [-0.3, -0.25) is 0 Å². The first kappa shape index (κ1) is 13.8. The molecule has 0 heterocycles. The van der Waals surface area contributed by atoms with E-state index >= 15 is 0 Å². The minimum Gasteiger partial charge on any atom is -0.388 e. The van der Waals surface area contributed by atoms with Crippen molar-refractivity contribution in [3.63, 3.8) is 0 Å². The predicted octanol–water partition coefficient (Wildman–Crippen LogP) is -0.327. The van der Waals surface area contributed by atoms with Crippen LogP contribution in [0.3, 0.4) is 0 Å². The zero-order chi connectivity index (χ0) is 10.6. The summed E-state index contributed by atoms with van der Waals surface area (Å²) >= 11 is 0. The van der Waals surface area contributed by atoms with Crippen LogP contribution in [0, 0.1) is 0 Å². The number of aliphatic hydroxyl groups is 1. The molecular formula is C9H20O5. The molecule has 0 aromatic heterocycles. The molecule has 86 valence electrons. The van der Waals surface area contributed by atoms with Gasteiger partial charge in [-0.15, -0.1) is 0 Å². The number of aliphatic hydroxyl groups excluding tert-OH is 1. The molecular weight excluding hydrogens is 188 g/mol. The van der Waals surface area contributed by atoms with Crippen molar-refractivity contribution in [2.45, 2.75) is 6.10 Å². The molecule has 0 bridgehead atoms. The first-order valence-electron chi connectivity index (χ1n) is 4.62. The van der Waals surface area contributed by atoms with Crippen LogP contribution >= 0.6 is 0 Å². The Hall–Kier alpha value is -0.200. The van der Waals surface area contributed by atoms with Crippen LogP contribution in [0.2, 0.25) is 0 Å². The number of ether oxygens (including phenoxy) is 4. The molecule has 0 saturated carbocycles. The molecule has 1 N–H and O–H groups in total. The van der Waals surface area contributed by atoms with Gasteiger partial charge in [0, 0.05) is 14.2 Å². The third-order valence-electron chi connectivity index (χ3n) is 1.47. The normalized spacial score (nSPS) is 13.1. The van der Waals surface area contributed by atoms with Gasteiger partial charge in [0.1, 0.15) is 6.10 Å². The Morgan fingerprint density at radius 3 is 2.14 bits per heavy atom. The van der Waals surface area contributed by atoms with E-state index in [2.05, 4.69) is 0 Å². The van der Waals surface area contributed by atoms with Gasteiger partial charge < -0.3 is 24.1 Å². The lowest BCUT2D eigenvalue weighted by molar-refractivity contribution is -0.0271. The number of hydrogen-bond acceptors (Lipinski definition) is 5. The number of methoxy groups -OCH3 is 2. The summed E-state index contributed by atoms with van der Waals surface area (Å²) < 4.78 is 19.8. The van der Waals surface area contributed by atoms with Gasteiger partial charge in [-0.25, -0.2) is 0 Å². The van der Waals surface area contributed by atoms with Crippen molar-refractivity contribution >= 4 is 0 Å². The maximum Gasteiger partial charge on any atom is 0.101 e. The first-order chi connectivity index (χ1) is 6.81. The maximum atomic E-state index is 9.18. The molecule has 0 aliphatic heterocycles. The zero-order valence-electron chi connectivity index (χ0n) is 8.90. The van der Waals surface area contributed by atoms with Crippen molar-refractivity contribution < 1.29 is 24.1 Å². The SMILES string of the molecule is COCCOCCOCC(O)COC. The second-order valence-corrected chi connectivity index (χ2v) is 2.79. The van der Waals surface area contributed by atoms with Crippen molar-refractivity contribution in [3.8, 4) is 0 Å². The Balaban J connectivity index is 2.98. The van der Waals surface area contributed by atoms with Gasteiger partial charge in [-0.05, 0) is 0 Å². The van der Waals surface area contributed by atoms with Gasteiger partial charge in [-0.1, -0.05) is 0 Å². The van der Waals surface area contributed by atoms with E-state index in [1.807, 2.05) is 0 Å². The molecule has 1 atom stereocenters. The van der Waals surface area contributed by atoms with Crippen LogP contribution < -0.4 is 0 Å². The van der Waals surface area contributed by atoms with Crippen molar-refractivity contribution in [1.82, 2.24) is 0 Å². The van der Waals surface area contributed by atoms with Gasteiger partial charge in [0.15, 0.2) is 0 Å². The molecule has 1 unspecified atom stereocenters. The van der Waals surface area contributed by atoms with Crippen LogP contribution in [0.5, 0.6) is 0 Å². The summed E-state index contributed by atoms with van der Waals surface area (Å²) in [6.45, 7) is 2.73. The van der Waals surface area contributed by atoms with Crippen LogP contribution in [-0.2, 0) is 18.9 Å². The van der Waals surface area contributed by atoms with Gasteiger partial charge >= 0.3 is 0 Å². The molecule has 5 heteroatoms. The van der Waals surface area contributed by atoms with E-state index in [0.717, 1.165) is 0 Å². The monoisotopic (exact) mass is 208 g/mol. The number of rotatable bonds is 10. The second kappa shape index (κ2) is 10.9. The first-order valence-corrected chi connectivity index (χ1v) is 4.62. The van der Waals surface area contributed by atoms with Crippen molar-refractivity contribution in [3.05, 3.63) is 0 Å². The van der Waals surface area contributed by atoms with Crippen LogP contribution in [-0.4, -0.2) is 65.1 Å². The highest BCUT2D eigenvalue weighted by molar-refractivity contribution is 4.49. The Kier molecular flexibility index (Phi) is 10.7. The van der Waals surface area contributed by atoms with Gasteiger partial charge in [0.25, 0.3) is 0 Å². The topological polar surface area (TPSA) is 57.2 Å². The summed E-state index contributed by atoms with van der Waals surface area (Å²) in [6, 6.07) is 0. The minimum absolute atomic E-state index is 0.279. The van der Waals surface area contributed by atoms with E-state index in [0.29, 0.717) is 33.0 Å². The van der Waals surface area contributed by atoms with Gasteiger partial charge in [-0.2, -0.15) is 0 Å². The fourth-order valence-electron chi connectivity index (χ4n) is 0.822. The van der Waals surface area contributed by atoms with Crippen molar-refractivity contribution in [2.75, 3.05) is 53.9 Å². The summed E-state index contributed by atoms with van der Waals surface area (Å²) in [6.07, 6.45) is -0.557. The molecule has 0 aliphatic rings. The molecule has 0 aromatic carbocycles.